The van der Waals surface area contributed by atoms with Crippen LogP contribution in [-0.4, -0.2) is 44.7 Å². The Labute approximate surface area is 79.3 Å². The SMILES string of the molecule is C=C(CCN)C(=O)OCCN(C)C. The molecule has 0 aromatic carbocycles. The smallest absolute Gasteiger partial charge is 0.333 e. The average Bonchev–Trinajstić information content (AvgIpc) is 2.04. The van der Waals surface area contributed by atoms with E-state index in [9.17, 15) is 4.79 Å². The van der Waals surface area contributed by atoms with Crippen LogP contribution in [0.15, 0.2) is 12.2 Å². The Morgan fingerprint density at radius 2 is 2.15 bits per heavy atom. The van der Waals surface area contributed by atoms with Gasteiger partial charge in [-0.2, -0.15) is 0 Å². The van der Waals surface area contributed by atoms with E-state index in [0.717, 1.165) is 6.54 Å². The maximum absolute atomic E-state index is 11.1. The fourth-order valence-corrected chi connectivity index (χ4v) is 0.699. The van der Waals surface area contributed by atoms with Gasteiger partial charge < -0.3 is 15.4 Å². The first-order chi connectivity index (χ1) is 6.07. The summed E-state index contributed by atoms with van der Waals surface area (Å²) >= 11 is 0. The first kappa shape index (κ1) is 12.1. The van der Waals surface area contributed by atoms with Crippen LogP contribution in [-0.2, 0) is 9.53 Å². The van der Waals surface area contributed by atoms with Crippen molar-refractivity contribution in [3.05, 3.63) is 12.2 Å². The molecule has 4 nitrogen and oxygen atoms in total. The van der Waals surface area contributed by atoms with E-state index in [-0.39, 0.29) is 5.97 Å². The zero-order chi connectivity index (χ0) is 10.3. The summed E-state index contributed by atoms with van der Waals surface area (Å²) in [6, 6.07) is 0. The fraction of sp³-hybridized carbons (Fsp3) is 0.667. The van der Waals surface area contributed by atoms with Gasteiger partial charge in [0.25, 0.3) is 0 Å². The Morgan fingerprint density at radius 1 is 1.54 bits per heavy atom. The molecule has 0 atom stereocenters. The highest BCUT2D eigenvalue weighted by molar-refractivity contribution is 5.87. The van der Waals surface area contributed by atoms with Gasteiger partial charge in [0.15, 0.2) is 0 Å². The largest absolute Gasteiger partial charge is 0.461 e. The molecule has 76 valence electrons. The molecule has 0 bridgehead atoms. The first-order valence-electron chi connectivity index (χ1n) is 4.27. The van der Waals surface area contributed by atoms with E-state index in [1.807, 2.05) is 19.0 Å². The molecule has 0 radical (unpaired) electrons. The van der Waals surface area contributed by atoms with Crippen LogP contribution in [0.2, 0.25) is 0 Å². The van der Waals surface area contributed by atoms with Gasteiger partial charge in [0.05, 0.1) is 0 Å². The van der Waals surface area contributed by atoms with Crippen LogP contribution < -0.4 is 5.73 Å². The maximum atomic E-state index is 11.1. The molecule has 0 rings (SSSR count). The van der Waals surface area contributed by atoms with Gasteiger partial charge in [0, 0.05) is 12.1 Å². The maximum Gasteiger partial charge on any atom is 0.333 e. The minimum absolute atomic E-state index is 0.340. The number of rotatable bonds is 6. The molecule has 0 saturated carbocycles. The highest BCUT2D eigenvalue weighted by Gasteiger charge is 2.06. The second-order valence-electron chi connectivity index (χ2n) is 3.08. The van der Waals surface area contributed by atoms with Crippen molar-refractivity contribution in [3.8, 4) is 0 Å². The Hall–Kier alpha value is -0.870. The van der Waals surface area contributed by atoms with Crippen molar-refractivity contribution in [2.24, 2.45) is 5.73 Å². The van der Waals surface area contributed by atoms with Gasteiger partial charge in [-0.1, -0.05) is 6.58 Å². The number of ether oxygens (including phenoxy) is 1. The highest BCUT2D eigenvalue weighted by Crippen LogP contribution is 1.98. The number of carbonyl (C=O) groups is 1. The Morgan fingerprint density at radius 3 is 2.62 bits per heavy atom. The lowest BCUT2D eigenvalue weighted by Crippen LogP contribution is -2.21. The number of nitrogens with zero attached hydrogens (tertiary/aromatic N) is 1. The normalized spacial score (nSPS) is 10.2. The number of esters is 1. The zero-order valence-corrected chi connectivity index (χ0v) is 8.38. The van der Waals surface area contributed by atoms with E-state index < -0.39 is 0 Å². The second-order valence-corrected chi connectivity index (χ2v) is 3.08. The van der Waals surface area contributed by atoms with Gasteiger partial charge in [-0.25, -0.2) is 4.79 Å². The number of hydrogen-bond donors (Lipinski definition) is 1. The summed E-state index contributed by atoms with van der Waals surface area (Å²) in [5, 5.41) is 0. The molecule has 0 aliphatic heterocycles. The van der Waals surface area contributed by atoms with Crippen LogP contribution in [0.4, 0.5) is 0 Å². The molecule has 0 aliphatic rings. The summed E-state index contributed by atoms with van der Waals surface area (Å²) in [6.07, 6.45) is 0.501. The molecule has 0 saturated heterocycles. The molecule has 0 heterocycles. The molecular weight excluding hydrogens is 168 g/mol. The minimum Gasteiger partial charge on any atom is -0.461 e. The van der Waals surface area contributed by atoms with Gasteiger partial charge in [-0.3, -0.25) is 0 Å². The lowest BCUT2D eigenvalue weighted by Gasteiger charge is -2.10. The van der Waals surface area contributed by atoms with Gasteiger partial charge in [0.1, 0.15) is 6.61 Å². The lowest BCUT2D eigenvalue weighted by atomic mass is 10.2. The van der Waals surface area contributed by atoms with Crippen molar-refractivity contribution in [1.82, 2.24) is 4.90 Å². The summed E-state index contributed by atoms with van der Waals surface area (Å²) in [5.41, 5.74) is 5.71. The molecule has 0 fully saturated rings. The van der Waals surface area contributed by atoms with Crippen molar-refractivity contribution in [2.45, 2.75) is 6.42 Å². The molecule has 0 aromatic rings. The van der Waals surface area contributed by atoms with Crippen molar-refractivity contribution >= 4 is 5.97 Å². The number of nitrogens with two attached hydrogens (primary N) is 1. The predicted octanol–water partition coefficient (Wildman–Crippen LogP) is -0.00380. The quantitative estimate of drug-likeness (QED) is 0.468. The average molecular weight is 186 g/mol. The summed E-state index contributed by atoms with van der Waals surface area (Å²) in [5.74, 6) is -0.340. The zero-order valence-electron chi connectivity index (χ0n) is 8.38. The van der Waals surface area contributed by atoms with E-state index in [1.54, 1.807) is 0 Å². The second kappa shape index (κ2) is 6.62. The third-order valence-corrected chi connectivity index (χ3v) is 1.51. The van der Waals surface area contributed by atoms with E-state index in [1.165, 1.54) is 0 Å². The minimum atomic E-state index is -0.340. The van der Waals surface area contributed by atoms with Crippen LogP contribution in [0, 0.1) is 0 Å². The van der Waals surface area contributed by atoms with Crippen LogP contribution in [0.25, 0.3) is 0 Å². The topological polar surface area (TPSA) is 55.6 Å². The van der Waals surface area contributed by atoms with E-state index >= 15 is 0 Å². The van der Waals surface area contributed by atoms with Gasteiger partial charge in [0.2, 0.25) is 0 Å². The molecule has 0 unspecified atom stereocenters. The van der Waals surface area contributed by atoms with Crippen LogP contribution in [0.1, 0.15) is 6.42 Å². The first-order valence-corrected chi connectivity index (χ1v) is 4.27. The number of likely N-dealkylation sites (N-methyl/N-ethyl adjacent to an activating group) is 1. The van der Waals surface area contributed by atoms with Gasteiger partial charge in [-0.15, -0.1) is 0 Å². The van der Waals surface area contributed by atoms with Gasteiger partial charge >= 0.3 is 5.97 Å². The van der Waals surface area contributed by atoms with E-state index in [4.69, 9.17) is 10.5 Å². The summed E-state index contributed by atoms with van der Waals surface area (Å²) in [4.78, 5) is 13.1. The van der Waals surface area contributed by atoms with Crippen LogP contribution >= 0.6 is 0 Å². The third kappa shape index (κ3) is 6.31. The molecule has 4 heteroatoms. The van der Waals surface area contributed by atoms with Crippen LogP contribution in [0.3, 0.4) is 0 Å². The Bertz CT molecular complexity index is 178. The molecular formula is C9H18N2O2. The Balaban J connectivity index is 3.56. The fourth-order valence-electron chi connectivity index (χ4n) is 0.699. The van der Waals surface area contributed by atoms with E-state index in [0.29, 0.717) is 25.1 Å². The predicted molar refractivity (Wildman–Crippen MR) is 52.3 cm³/mol. The van der Waals surface area contributed by atoms with Crippen molar-refractivity contribution in [3.63, 3.8) is 0 Å². The van der Waals surface area contributed by atoms with E-state index in [2.05, 4.69) is 6.58 Å². The van der Waals surface area contributed by atoms with Crippen molar-refractivity contribution in [1.29, 1.82) is 0 Å². The number of carbonyl (C=O) groups excluding carboxylic acids is 1. The third-order valence-electron chi connectivity index (χ3n) is 1.51. The van der Waals surface area contributed by atoms with Crippen LogP contribution in [0.5, 0.6) is 0 Å². The monoisotopic (exact) mass is 186 g/mol. The van der Waals surface area contributed by atoms with Crippen molar-refractivity contribution in [2.75, 3.05) is 33.8 Å². The molecule has 0 spiro atoms. The number of hydrogen-bond acceptors (Lipinski definition) is 4. The molecule has 0 aliphatic carbocycles. The molecule has 2 N–H and O–H groups in total. The standard InChI is InChI=1S/C9H18N2O2/c1-8(4-5-10)9(12)13-7-6-11(2)3/h1,4-7,10H2,2-3H3. The molecule has 0 aromatic heterocycles. The van der Waals surface area contributed by atoms with Crippen molar-refractivity contribution < 1.29 is 9.53 Å². The van der Waals surface area contributed by atoms with Gasteiger partial charge in [-0.05, 0) is 27.1 Å². The highest BCUT2D eigenvalue weighted by atomic mass is 16.5. The summed E-state index contributed by atoms with van der Waals surface area (Å²) in [7, 11) is 3.84. The Kier molecular flexibility index (Phi) is 6.18. The summed E-state index contributed by atoms with van der Waals surface area (Å²) in [6.45, 7) is 5.13. The lowest BCUT2D eigenvalue weighted by molar-refractivity contribution is -0.139. The summed E-state index contributed by atoms with van der Waals surface area (Å²) < 4.78 is 4.93. The molecule has 0 amide bonds. The molecule has 13 heavy (non-hydrogen) atoms.